The number of rotatable bonds is 6. The van der Waals surface area contributed by atoms with Crippen molar-refractivity contribution in [3.05, 3.63) is 35.6 Å². The van der Waals surface area contributed by atoms with Crippen LogP contribution >= 0.6 is 0 Å². The monoisotopic (exact) mass is 325 g/mol. The summed E-state index contributed by atoms with van der Waals surface area (Å²) in [6, 6.07) is 5.74. The van der Waals surface area contributed by atoms with Crippen LogP contribution in [0.2, 0.25) is 0 Å². The molecule has 1 aliphatic heterocycles. The van der Waals surface area contributed by atoms with E-state index in [4.69, 9.17) is 4.74 Å². The number of amides is 2. The van der Waals surface area contributed by atoms with E-state index >= 15 is 0 Å². The van der Waals surface area contributed by atoms with Gasteiger partial charge < -0.3 is 25.8 Å². The Morgan fingerprint density at radius 1 is 1.39 bits per heavy atom. The molecule has 1 aromatic carbocycles. The molecule has 23 heavy (non-hydrogen) atoms. The molecule has 1 heterocycles. The predicted molar refractivity (Wildman–Crippen MR) is 84.4 cm³/mol. The van der Waals surface area contributed by atoms with Crippen molar-refractivity contribution in [2.24, 2.45) is 0 Å². The summed E-state index contributed by atoms with van der Waals surface area (Å²) in [5.74, 6) is -0.274. The van der Waals surface area contributed by atoms with Crippen LogP contribution < -0.4 is 16.0 Å². The molecule has 0 aliphatic carbocycles. The molecular weight excluding hydrogens is 301 g/mol. The molecular formula is C16H24FN3O3. The Labute approximate surface area is 135 Å². The lowest BCUT2D eigenvalue weighted by Crippen LogP contribution is -2.47. The van der Waals surface area contributed by atoms with Crippen molar-refractivity contribution >= 4 is 6.03 Å². The number of aliphatic hydroxyl groups is 1. The van der Waals surface area contributed by atoms with Crippen LogP contribution in [0.1, 0.15) is 19.4 Å². The van der Waals surface area contributed by atoms with Crippen LogP contribution in [-0.4, -0.2) is 48.6 Å². The molecule has 2 rings (SSSR count). The van der Waals surface area contributed by atoms with Crippen LogP contribution in [0.4, 0.5) is 9.18 Å². The maximum Gasteiger partial charge on any atom is 0.315 e. The number of hydrogen-bond acceptors (Lipinski definition) is 4. The SMILES string of the molecule is CC(C)NC(=O)NCC1OCC(NCc2ccc(F)cc2)C1O. The molecule has 0 radical (unpaired) electrons. The lowest BCUT2D eigenvalue weighted by molar-refractivity contribution is 0.0425. The third kappa shape index (κ3) is 5.46. The molecule has 0 aromatic heterocycles. The average molecular weight is 325 g/mol. The average Bonchev–Trinajstić information content (AvgIpc) is 2.84. The normalized spacial score (nSPS) is 24.0. The highest BCUT2D eigenvalue weighted by Gasteiger charge is 2.35. The molecule has 3 unspecified atom stereocenters. The Hall–Kier alpha value is -1.70. The predicted octanol–water partition coefficient (Wildman–Crippen LogP) is 0.751. The van der Waals surface area contributed by atoms with Crippen LogP contribution in [0, 0.1) is 5.82 Å². The van der Waals surface area contributed by atoms with Crippen molar-refractivity contribution in [3.63, 3.8) is 0 Å². The van der Waals surface area contributed by atoms with Gasteiger partial charge in [-0.2, -0.15) is 0 Å². The quantitative estimate of drug-likeness (QED) is 0.622. The Morgan fingerprint density at radius 2 is 2.09 bits per heavy atom. The van der Waals surface area contributed by atoms with E-state index in [2.05, 4.69) is 16.0 Å². The van der Waals surface area contributed by atoms with Crippen LogP contribution in [0.25, 0.3) is 0 Å². The van der Waals surface area contributed by atoms with E-state index in [0.717, 1.165) is 5.56 Å². The number of carbonyl (C=O) groups excluding carboxylic acids is 1. The van der Waals surface area contributed by atoms with E-state index in [1.807, 2.05) is 13.8 Å². The largest absolute Gasteiger partial charge is 0.389 e. The van der Waals surface area contributed by atoms with E-state index < -0.39 is 12.2 Å². The molecule has 4 N–H and O–H groups in total. The Morgan fingerprint density at radius 3 is 2.74 bits per heavy atom. The number of halogens is 1. The van der Waals surface area contributed by atoms with E-state index in [1.54, 1.807) is 12.1 Å². The number of carbonyl (C=O) groups is 1. The second-order valence-electron chi connectivity index (χ2n) is 5.99. The molecule has 0 bridgehead atoms. The second-order valence-corrected chi connectivity index (χ2v) is 5.99. The molecule has 1 fully saturated rings. The molecule has 6 nitrogen and oxygen atoms in total. The van der Waals surface area contributed by atoms with Gasteiger partial charge in [-0.3, -0.25) is 0 Å². The summed E-state index contributed by atoms with van der Waals surface area (Å²) in [5, 5.41) is 18.8. The van der Waals surface area contributed by atoms with Crippen LogP contribution in [0.5, 0.6) is 0 Å². The number of ether oxygens (including phenoxy) is 1. The summed E-state index contributed by atoms with van der Waals surface area (Å²) in [6.07, 6.45) is -1.16. The molecule has 0 saturated carbocycles. The highest BCUT2D eigenvalue weighted by atomic mass is 19.1. The van der Waals surface area contributed by atoms with Gasteiger partial charge in [-0.25, -0.2) is 9.18 Å². The third-order valence-corrected chi connectivity index (χ3v) is 3.65. The first-order valence-electron chi connectivity index (χ1n) is 7.77. The van der Waals surface area contributed by atoms with Gasteiger partial charge in [-0.05, 0) is 31.5 Å². The van der Waals surface area contributed by atoms with Crippen LogP contribution in [-0.2, 0) is 11.3 Å². The topological polar surface area (TPSA) is 82.6 Å². The molecule has 2 amide bonds. The minimum Gasteiger partial charge on any atom is -0.389 e. The van der Waals surface area contributed by atoms with Gasteiger partial charge in [-0.1, -0.05) is 12.1 Å². The van der Waals surface area contributed by atoms with Gasteiger partial charge in [0.25, 0.3) is 0 Å². The summed E-state index contributed by atoms with van der Waals surface area (Å²) >= 11 is 0. The molecule has 128 valence electrons. The lowest BCUT2D eigenvalue weighted by Gasteiger charge is -2.19. The van der Waals surface area contributed by atoms with Gasteiger partial charge in [0.2, 0.25) is 0 Å². The number of benzene rings is 1. The maximum absolute atomic E-state index is 12.9. The number of aliphatic hydroxyl groups excluding tert-OH is 1. The molecule has 7 heteroatoms. The number of nitrogens with one attached hydrogen (secondary N) is 3. The highest BCUT2D eigenvalue weighted by molar-refractivity contribution is 5.74. The summed E-state index contributed by atoms with van der Waals surface area (Å²) < 4.78 is 18.4. The van der Waals surface area contributed by atoms with Gasteiger partial charge in [0.05, 0.1) is 18.8 Å². The van der Waals surface area contributed by atoms with Crippen molar-refractivity contribution in [1.82, 2.24) is 16.0 Å². The van der Waals surface area contributed by atoms with E-state index in [1.165, 1.54) is 12.1 Å². The van der Waals surface area contributed by atoms with E-state index in [-0.39, 0.29) is 30.5 Å². The zero-order valence-corrected chi connectivity index (χ0v) is 13.4. The minimum atomic E-state index is -0.713. The summed E-state index contributed by atoms with van der Waals surface area (Å²) in [5.41, 5.74) is 0.927. The highest BCUT2D eigenvalue weighted by Crippen LogP contribution is 2.14. The fourth-order valence-electron chi connectivity index (χ4n) is 2.40. The Bertz CT molecular complexity index is 510. The molecule has 0 spiro atoms. The fraction of sp³-hybridized carbons (Fsp3) is 0.562. The van der Waals surface area contributed by atoms with E-state index in [9.17, 15) is 14.3 Å². The van der Waals surface area contributed by atoms with Crippen molar-refractivity contribution in [2.75, 3.05) is 13.2 Å². The first kappa shape index (κ1) is 17.7. The fourth-order valence-corrected chi connectivity index (χ4v) is 2.40. The summed E-state index contributed by atoms with van der Waals surface area (Å²) in [6.45, 7) is 4.86. The zero-order chi connectivity index (χ0) is 16.8. The van der Waals surface area contributed by atoms with Crippen molar-refractivity contribution in [2.45, 2.75) is 44.7 Å². The van der Waals surface area contributed by atoms with Gasteiger partial charge in [0.1, 0.15) is 11.9 Å². The summed E-state index contributed by atoms with van der Waals surface area (Å²) in [7, 11) is 0. The lowest BCUT2D eigenvalue weighted by atomic mass is 10.1. The number of hydrogen-bond donors (Lipinski definition) is 4. The van der Waals surface area contributed by atoms with Gasteiger partial charge >= 0.3 is 6.03 Å². The first-order chi connectivity index (χ1) is 11.0. The Kier molecular flexibility index (Phi) is 6.32. The molecule has 3 atom stereocenters. The number of urea groups is 1. The smallest absolute Gasteiger partial charge is 0.315 e. The molecule has 1 aromatic rings. The first-order valence-corrected chi connectivity index (χ1v) is 7.77. The minimum absolute atomic E-state index is 0.0505. The van der Waals surface area contributed by atoms with Crippen LogP contribution in [0.15, 0.2) is 24.3 Å². The van der Waals surface area contributed by atoms with Crippen LogP contribution in [0.3, 0.4) is 0 Å². The molecule has 1 saturated heterocycles. The van der Waals surface area contributed by atoms with Gasteiger partial charge in [0.15, 0.2) is 0 Å². The maximum atomic E-state index is 12.9. The second kappa shape index (κ2) is 8.24. The van der Waals surface area contributed by atoms with Crippen molar-refractivity contribution in [1.29, 1.82) is 0 Å². The summed E-state index contributed by atoms with van der Waals surface area (Å²) in [4.78, 5) is 11.5. The standard InChI is InChI=1S/C16H24FN3O3/c1-10(2)20-16(22)19-8-14-15(21)13(9-23-14)18-7-11-3-5-12(17)6-4-11/h3-6,10,13-15,18,21H,7-9H2,1-2H3,(H2,19,20,22). The van der Waals surface area contributed by atoms with Crippen molar-refractivity contribution in [3.8, 4) is 0 Å². The van der Waals surface area contributed by atoms with E-state index in [0.29, 0.717) is 13.2 Å². The van der Waals surface area contributed by atoms with Gasteiger partial charge in [0, 0.05) is 19.1 Å². The molecule has 1 aliphatic rings. The Balaban J connectivity index is 1.74. The zero-order valence-electron chi connectivity index (χ0n) is 13.4. The van der Waals surface area contributed by atoms with Crippen molar-refractivity contribution < 1.29 is 19.0 Å². The van der Waals surface area contributed by atoms with Gasteiger partial charge in [-0.15, -0.1) is 0 Å². The third-order valence-electron chi connectivity index (χ3n) is 3.65.